The summed E-state index contributed by atoms with van der Waals surface area (Å²) in [5, 5.41) is 0. The first-order valence-electron chi connectivity index (χ1n) is 12.8. The number of nitrogen functional groups attached to an aromatic ring is 1. The number of benzene rings is 2. The van der Waals surface area contributed by atoms with Gasteiger partial charge >= 0.3 is 0 Å². The number of anilines is 1. The van der Waals surface area contributed by atoms with Gasteiger partial charge in [-0.1, -0.05) is 37.3 Å². The molecule has 4 N–H and O–H groups in total. The molecule has 0 amide bonds. The summed E-state index contributed by atoms with van der Waals surface area (Å²) in [6, 6.07) is 20.2. The number of ether oxygens (including phenoxy) is 3. The average Bonchev–Trinajstić information content (AvgIpc) is 3.72. The summed E-state index contributed by atoms with van der Waals surface area (Å²) in [6.07, 6.45) is 1.42. The minimum atomic E-state index is -0.310. The Balaban J connectivity index is 1.38. The predicted molar refractivity (Wildman–Crippen MR) is 145 cm³/mol. The van der Waals surface area contributed by atoms with Crippen molar-refractivity contribution < 1.29 is 14.2 Å². The molecule has 3 aromatic rings. The third-order valence-electron chi connectivity index (χ3n) is 7.35. The quantitative estimate of drug-likeness (QED) is 0.412. The molecule has 5 rings (SSSR count). The molecule has 1 fully saturated rings. The normalized spacial score (nSPS) is 27.1. The number of fused-ring (bicyclic) bond motifs is 3. The van der Waals surface area contributed by atoms with Gasteiger partial charge in [-0.05, 0) is 48.9 Å². The zero-order valence-electron chi connectivity index (χ0n) is 21.8. The van der Waals surface area contributed by atoms with Gasteiger partial charge < -0.3 is 25.7 Å². The number of nitrogens with two attached hydrogens (primary N) is 2. The molecule has 2 unspecified atom stereocenters. The lowest BCUT2D eigenvalue weighted by Gasteiger charge is -2.34. The molecule has 0 bridgehead atoms. The molecule has 0 saturated carbocycles. The maximum atomic E-state index is 6.76. The van der Waals surface area contributed by atoms with Crippen molar-refractivity contribution in [3.05, 3.63) is 78.0 Å². The topological polar surface area (TPSA) is 102 Å². The van der Waals surface area contributed by atoms with Gasteiger partial charge in [0.05, 0.1) is 18.0 Å². The molecule has 2 aromatic carbocycles. The molecule has 2 aliphatic rings. The van der Waals surface area contributed by atoms with Crippen LogP contribution in [0.15, 0.2) is 66.9 Å². The van der Waals surface area contributed by atoms with Gasteiger partial charge in [0.15, 0.2) is 0 Å². The van der Waals surface area contributed by atoms with Crippen LogP contribution >= 0.6 is 0 Å². The molecule has 0 spiro atoms. The van der Waals surface area contributed by atoms with Crippen LogP contribution in [0.4, 0.5) is 5.69 Å². The number of pyridine rings is 1. The van der Waals surface area contributed by atoms with Crippen LogP contribution in [-0.2, 0) is 16.0 Å². The number of rotatable bonds is 4. The van der Waals surface area contributed by atoms with Crippen LogP contribution in [-0.4, -0.2) is 67.1 Å². The van der Waals surface area contributed by atoms with Gasteiger partial charge in [-0.2, -0.15) is 0 Å². The molecular formula is C29H37N5O3. The van der Waals surface area contributed by atoms with Gasteiger partial charge in [-0.25, -0.2) is 0 Å². The van der Waals surface area contributed by atoms with Crippen molar-refractivity contribution in [3.63, 3.8) is 0 Å². The number of likely N-dealkylation sites (N-methyl/N-ethyl adjacent to an activating group) is 1. The van der Waals surface area contributed by atoms with E-state index in [9.17, 15) is 0 Å². The molecule has 3 heterocycles. The van der Waals surface area contributed by atoms with Gasteiger partial charge in [-0.3, -0.25) is 14.8 Å². The van der Waals surface area contributed by atoms with Crippen molar-refractivity contribution in [3.8, 4) is 17.0 Å². The van der Waals surface area contributed by atoms with E-state index in [0.29, 0.717) is 18.8 Å². The average molecular weight is 504 g/mol. The highest BCUT2D eigenvalue weighted by molar-refractivity contribution is 5.59. The van der Waals surface area contributed by atoms with E-state index in [1.165, 1.54) is 5.56 Å². The highest BCUT2D eigenvalue weighted by Gasteiger charge is 2.46. The first-order valence-corrected chi connectivity index (χ1v) is 12.8. The van der Waals surface area contributed by atoms with Gasteiger partial charge in [-0.15, -0.1) is 0 Å². The van der Waals surface area contributed by atoms with E-state index in [0.717, 1.165) is 35.7 Å². The van der Waals surface area contributed by atoms with E-state index in [4.69, 9.17) is 25.7 Å². The van der Waals surface area contributed by atoms with Crippen molar-refractivity contribution >= 4 is 5.69 Å². The van der Waals surface area contributed by atoms with E-state index in [-0.39, 0.29) is 30.5 Å². The number of methoxy groups -OCH3 is 1. The molecule has 0 aliphatic carbocycles. The maximum absolute atomic E-state index is 6.76. The monoisotopic (exact) mass is 503 g/mol. The zero-order valence-corrected chi connectivity index (χ0v) is 21.8. The van der Waals surface area contributed by atoms with Gasteiger partial charge in [0.25, 0.3) is 0 Å². The summed E-state index contributed by atoms with van der Waals surface area (Å²) in [7, 11) is 3.85. The Morgan fingerprint density at radius 1 is 1.08 bits per heavy atom. The van der Waals surface area contributed by atoms with E-state index in [2.05, 4.69) is 53.0 Å². The fraction of sp³-hybridized carbons (Fsp3) is 0.414. The summed E-state index contributed by atoms with van der Waals surface area (Å²) in [5.74, 6) is 1.00. The van der Waals surface area contributed by atoms with Crippen LogP contribution in [0.25, 0.3) is 11.3 Å². The fourth-order valence-electron chi connectivity index (χ4n) is 5.10. The van der Waals surface area contributed by atoms with Gasteiger partial charge in [0.1, 0.15) is 24.7 Å². The molecular weight excluding hydrogens is 466 g/mol. The van der Waals surface area contributed by atoms with Gasteiger partial charge in [0.2, 0.25) is 0 Å². The van der Waals surface area contributed by atoms with Gasteiger partial charge in [0, 0.05) is 49.8 Å². The van der Waals surface area contributed by atoms with Crippen LogP contribution in [0.5, 0.6) is 5.75 Å². The van der Waals surface area contributed by atoms with Crippen LogP contribution < -0.4 is 16.2 Å². The second kappa shape index (κ2) is 11.2. The summed E-state index contributed by atoms with van der Waals surface area (Å²) in [6.45, 7) is 4.78. The predicted octanol–water partition coefficient (Wildman–Crippen LogP) is 3.49. The third kappa shape index (κ3) is 5.95. The minimum absolute atomic E-state index is 0.0260. The second-order valence-corrected chi connectivity index (χ2v) is 10.2. The van der Waals surface area contributed by atoms with E-state index in [1.807, 2.05) is 42.6 Å². The lowest BCUT2D eigenvalue weighted by atomic mass is 10.0. The number of hydrogen-bond donors (Lipinski definition) is 2. The zero-order chi connectivity index (χ0) is 25.9. The standard InChI is InChI=1S/C29H37N5O3/c1-19-15-34(16-20-7-9-21(10-8-20)24-6-4-5-13-32-24)27(31)18-36-25-12-11-22(30)14-23(25)28-29(37-28)33(2)17-26(19)35-3/h4-14,19,26-29H,15-18,30-31H2,1-3H3/t19-,26-,27+,28?,29?/m0/s1. The molecule has 2 aliphatic heterocycles. The number of epoxide rings is 1. The first kappa shape index (κ1) is 25.6. The van der Waals surface area contributed by atoms with Crippen LogP contribution in [0.3, 0.4) is 0 Å². The molecule has 37 heavy (non-hydrogen) atoms. The summed E-state index contributed by atoms with van der Waals surface area (Å²) in [5.41, 5.74) is 17.7. The highest BCUT2D eigenvalue weighted by Crippen LogP contribution is 2.45. The molecule has 1 saturated heterocycles. The lowest BCUT2D eigenvalue weighted by molar-refractivity contribution is 0.00231. The van der Waals surface area contributed by atoms with Crippen LogP contribution in [0, 0.1) is 5.92 Å². The molecule has 8 heteroatoms. The Labute approximate surface area is 219 Å². The summed E-state index contributed by atoms with van der Waals surface area (Å²) in [4.78, 5) is 8.94. The van der Waals surface area contributed by atoms with Crippen molar-refractivity contribution in [1.82, 2.24) is 14.8 Å². The summed E-state index contributed by atoms with van der Waals surface area (Å²) < 4.78 is 18.3. The number of nitrogens with zero attached hydrogens (tertiary/aromatic N) is 3. The Morgan fingerprint density at radius 2 is 1.89 bits per heavy atom. The minimum Gasteiger partial charge on any atom is -0.490 e. The van der Waals surface area contributed by atoms with E-state index in [1.54, 1.807) is 7.11 Å². The van der Waals surface area contributed by atoms with Crippen molar-refractivity contribution in [1.29, 1.82) is 0 Å². The van der Waals surface area contributed by atoms with Crippen LogP contribution in [0.2, 0.25) is 0 Å². The molecule has 8 nitrogen and oxygen atoms in total. The first-order chi connectivity index (χ1) is 17.9. The molecule has 0 radical (unpaired) electrons. The second-order valence-electron chi connectivity index (χ2n) is 10.2. The van der Waals surface area contributed by atoms with Crippen LogP contribution in [0.1, 0.15) is 24.2 Å². The fourth-order valence-corrected chi connectivity index (χ4v) is 5.10. The SMILES string of the molecule is CO[C@H]1CN(C)C2OC2c2cc(N)ccc2OC[C@H](N)N(Cc2ccc(-c3ccccn3)cc2)C[C@@H]1C. The Hall–Kier alpha value is -3.01. The Kier molecular flexibility index (Phi) is 7.73. The Bertz CT molecular complexity index is 1180. The largest absolute Gasteiger partial charge is 0.490 e. The summed E-state index contributed by atoms with van der Waals surface area (Å²) >= 11 is 0. The molecule has 196 valence electrons. The highest BCUT2D eigenvalue weighted by atomic mass is 16.6. The van der Waals surface area contributed by atoms with E-state index >= 15 is 0 Å². The number of hydrogen-bond acceptors (Lipinski definition) is 8. The Morgan fingerprint density at radius 3 is 2.62 bits per heavy atom. The lowest BCUT2D eigenvalue weighted by Crippen LogP contribution is -2.49. The maximum Gasteiger partial charge on any atom is 0.142 e. The third-order valence-corrected chi connectivity index (χ3v) is 7.35. The number of aromatic nitrogens is 1. The molecule has 1 aromatic heterocycles. The smallest absolute Gasteiger partial charge is 0.142 e. The van der Waals surface area contributed by atoms with Crippen molar-refractivity contribution in [2.75, 3.05) is 39.6 Å². The van der Waals surface area contributed by atoms with Crippen molar-refractivity contribution in [2.24, 2.45) is 11.7 Å². The molecule has 5 atom stereocenters. The van der Waals surface area contributed by atoms with E-state index < -0.39 is 0 Å². The van der Waals surface area contributed by atoms with Crippen molar-refractivity contribution in [2.45, 2.75) is 38.1 Å².